The van der Waals surface area contributed by atoms with Gasteiger partial charge in [-0.05, 0) is 48.0 Å². The van der Waals surface area contributed by atoms with Gasteiger partial charge in [-0.15, -0.1) is 0 Å². The van der Waals surface area contributed by atoms with Crippen molar-refractivity contribution in [1.29, 1.82) is 0 Å². The number of carbonyl (C=O) groups excluding carboxylic acids is 3. The molecule has 0 saturated carbocycles. The van der Waals surface area contributed by atoms with E-state index in [4.69, 9.17) is 9.47 Å². The third-order valence-corrected chi connectivity index (χ3v) is 3.44. The fourth-order valence-corrected chi connectivity index (χ4v) is 2.19. The fraction of sp³-hybridized carbons (Fsp3) is 0.150. The molecule has 140 valence electrons. The second kappa shape index (κ2) is 9.19. The third kappa shape index (κ3) is 5.71. The van der Waals surface area contributed by atoms with Crippen LogP contribution in [0.5, 0.6) is 11.5 Å². The highest BCUT2D eigenvalue weighted by Gasteiger charge is 2.08. The lowest BCUT2D eigenvalue weighted by molar-refractivity contribution is -0.132. The van der Waals surface area contributed by atoms with E-state index >= 15 is 0 Å². The number of benzene rings is 2. The molecule has 0 bridgehead atoms. The smallest absolute Gasteiger partial charge is 0.337 e. The van der Waals surface area contributed by atoms with Crippen molar-refractivity contribution in [3.8, 4) is 11.5 Å². The van der Waals surface area contributed by atoms with Gasteiger partial charge in [-0.25, -0.2) is 4.79 Å². The Labute approximate surface area is 156 Å². The predicted molar refractivity (Wildman–Crippen MR) is 99.7 cm³/mol. The second-order valence-electron chi connectivity index (χ2n) is 5.40. The van der Waals surface area contributed by atoms with Gasteiger partial charge in [0.1, 0.15) is 0 Å². The van der Waals surface area contributed by atoms with E-state index in [9.17, 15) is 14.4 Å². The van der Waals surface area contributed by atoms with Crippen molar-refractivity contribution < 1.29 is 28.6 Å². The molecule has 0 fully saturated rings. The molecular formula is C20H19NO6. The van der Waals surface area contributed by atoms with E-state index in [1.54, 1.807) is 48.5 Å². The van der Waals surface area contributed by atoms with Crippen molar-refractivity contribution in [2.75, 3.05) is 19.5 Å². The summed E-state index contributed by atoms with van der Waals surface area (Å²) in [5.74, 6) is -0.555. The Morgan fingerprint density at radius 2 is 1.67 bits per heavy atom. The SMILES string of the molecule is COC(=O)c1ccc(NC(=O)/C=C/c2ccc(OC(C)=O)c(OC)c2)cc1. The lowest BCUT2D eigenvalue weighted by Gasteiger charge is -2.08. The largest absolute Gasteiger partial charge is 0.493 e. The Hall–Kier alpha value is -3.61. The lowest BCUT2D eigenvalue weighted by Crippen LogP contribution is -2.08. The van der Waals surface area contributed by atoms with Gasteiger partial charge in [0.25, 0.3) is 0 Å². The van der Waals surface area contributed by atoms with Gasteiger partial charge in [-0.2, -0.15) is 0 Å². The molecule has 1 amide bonds. The minimum atomic E-state index is -0.450. The Balaban J connectivity index is 2.03. The van der Waals surface area contributed by atoms with E-state index in [2.05, 4.69) is 10.1 Å². The van der Waals surface area contributed by atoms with Crippen LogP contribution in [0.4, 0.5) is 5.69 Å². The van der Waals surface area contributed by atoms with Crippen LogP contribution < -0.4 is 14.8 Å². The molecule has 0 radical (unpaired) electrons. The number of ether oxygens (including phenoxy) is 3. The van der Waals surface area contributed by atoms with Crippen LogP contribution in [-0.2, 0) is 14.3 Å². The highest BCUT2D eigenvalue weighted by molar-refractivity contribution is 6.02. The average Bonchev–Trinajstić information content (AvgIpc) is 2.66. The quantitative estimate of drug-likeness (QED) is 0.478. The molecule has 1 N–H and O–H groups in total. The van der Waals surface area contributed by atoms with Gasteiger partial charge in [0.05, 0.1) is 19.8 Å². The highest BCUT2D eigenvalue weighted by Crippen LogP contribution is 2.28. The van der Waals surface area contributed by atoms with E-state index in [0.29, 0.717) is 28.3 Å². The molecule has 0 saturated heterocycles. The Morgan fingerprint density at radius 3 is 2.26 bits per heavy atom. The standard InChI is InChI=1S/C20H19NO6/c1-13(22)27-17-10-4-14(12-18(17)25-2)5-11-19(23)21-16-8-6-15(7-9-16)20(24)26-3/h4-12H,1-3H3,(H,21,23)/b11-5+. The number of hydrogen-bond donors (Lipinski definition) is 1. The first kappa shape index (κ1) is 19.7. The van der Waals surface area contributed by atoms with Gasteiger partial charge in [0, 0.05) is 18.7 Å². The number of esters is 2. The van der Waals surface area contributed by atoms with Crippen molar-refractivity contribution in [2.45, 2.75) is 6.92 Å². The Morgan fingerprint density at radius 1 is 0.963 bits per heavy atom. The van der Waals surface area contributed by atoms with Gasteiger partial charge in [-0.1, -0.05) is 6.07 Å². The van der Waals surface area contributed by atoms with Crippen LogP contribution in [-0.4, -0.2) is 32.1 Å². The van der Waals surface area contributed by atoms with E-state index in [1.165, 1.54) is 27.2 Å². The minimum absolute atomic E-state index is 0.303. The van der Waals surface area contributed by atoms with Gasteiger partial charge < -0.3 is 19.5 Å². The van der Waals surface area contributed by atoms with Crippen molar-refractivity contribution in [2.24, 2.45) is 0 Å². The minimum Gasteiger partial charge on any atom is -0.493 e. The van der Waals surface area contributed by atoms with Gasteiger partial charge in [0.2, 0.25) is 5.91 Å². The number of rotatable bonds is 6. The second-order valence-corrected chi connectivity index (χ2v) is 5.40. The summed E-state index contributed by atoms with van der Waals surface area (Å²) in [5, 5.41) is 2.68. The third-order valence-electron chi connectivity index (χ3n) is 3.44. The van der Waals surface area contributed by atoms with Crippen molar-refractivity contribution >= 4 is 29.6 Å². The van der Waals surface area contributed by atoms with Gasteiger partial charge in [-0.3, -0.25) is 9.59 Å². The molecule has 0 aliphatic carbocycles. The molecule has 0 spiro atoms. The van der Waals surface area contributed by atoms with Crippen LogP contribution in [0.3, 0.4) is 0 Å². The molecule has 2 aromatic rings. The summed E-state index contributed by atoms with van der Waals surface area (Å²) in [6.45, 7) is 1.30. The topological polar surface area (TPSA) is 90.9 Å². The molecule has 0 aromatic heterocycles. The number of methoxy groups -OCH3 is 2. The summed E-state index contributed by atoms with van der Waals surface area (Å²) in [5.41, 5.74) is 1.63. The monoisotopic (exact) mass is 369 g/mol. The van der Waals surface area contributed by atoms with E-state index in [0.717, 1.165) is 0 Å². The molecule has 7 heteroatoms. The first-order valence-electron chi connectivity index (χ1n) is 7.97. The average molecular weight is 369 g/mol. The summed E-state index contributed by atoms with van der Waals surface area (Å²) in [6.07, 6.45) is 2.95. The zero-order valence-electron chi connectivity index (χ0n) is 15.1. The Bertz CT molecular complexity index is 871. The summed E-state index contributed by atoms with van der Waals surface area (Å²) in [7, 11) is 2.76. The molecule has 0 atom stereocenters. The maximum absolute atomic E-state index is 12.0. The van der Waals surface area contributed by atoms with Crippen LogP contribution in [0.15, 0.2) is 48.5 Å². The van der Waals surface area contributed by atoms with Crippen molar-refractivity contribution in [1.82, 2.24) is 0 Å². The lowest BCUT2D eigenvalue weighted by atomic mass is 10.2. The molecular weight excluding hydrogens is 350 g/mol. The van der Waals surface area contributed by atoms with Crippen LogP contribution in [0.1, 0.15) is 22.8 Å². The molecule has 0 aliphatic heterocycles. The summed E-state index contributed by atoms with van der Waals surface area (Å²) in [6, 6.07) is 11.3. The number of carbonyl (C=O) groups is 3. The first-order chi connectivity index (χ1) is 12.9. The van der Waals surface area contributed by atoms with Crippen LogP contribution in [0.25, 0.3) is 6.08 Å². The van der Waals surface area contributed by atoms with Gasteiger partial charge >= 0.3 is 11.9 Å². The van der Waals surface area contributed by atoms with E-state index < -0.39 is 11.9 Å². The number of amides is 1. The summed E-state index contributed by atoms with van der Waals surface area (Å²) >= 11 is 0. The maximum Gasteiger partial charge on any atom is 0.337 e. The van der Waals surface area contributed by atoms with E-state index in [-0.39, 0.29) is 5.91 Å². The van der Waals surface area contributed by atoms with Gasteiger partial charge in [0.15, 0.2) is 11.5 Å². The number of nitrogens with one attached hydrogen (secondary N) is 1. The van der Waals surface area contributed by atoms with Crippen molar-refractivity contribution in [3.05, 3.63) is 59.7 Å². The Kier molecular flexibility index (Phi) is 6.71. The van der Waals surface area contributed by atoms with Crippen LogP contribution in [0.2, 0.25) is 0 Å². The zero-order valence-corrected chi connectivity index (χ0v) is 15.1. The number of hydrogen-bond acceptors (Lipinski definition) is 6. The molecule has 27 heavy (non-hydrogen) atoms. The molecule has 0 unspecified atom stereocenters. The highest BCUT2D eigenvalue weighted by atomic mass is 16.6. The summed E-state index contributed by atoms with van der Waals surface area (Å²) < 4.78 is 14.8. The molecule has 0 aliphatic rings. The van der Waals surface area contributed by atoms with Crippen LogP contribution >= 0.6 is 0 Å². The van der Waals surface area contributed by atoms with Crippen LogP contribution in [0, 0.1) is 0 Å². The van der Waals surface area contributed by atoms with Crippen molar-refractivity contribution in [3.63, 3.8) is 0 Å². The van der Waals surface area contributed by atoms with E-state index in [1.807, 2.05) is 0 Å². The summed E-state index contributed by atoms with van der Waals surface area (Å²) in [4.78, 5) is 34.5. The molecule has 2 rings (SSSR count). The maximum atomic E-state index is 12.0. The molecule has 7 nitrogen and oxygen atoms in total. The molecule has 0 heterocycles. The normalized spacial score (nSPS) is 10.3. The molecule has 2 aromatic carbocycles. The zero-order chi connectivity index (χ0) is 19.8. The fourth-order valence-electron chi connectivity index (χ4n) is 2.19. The first-order valence-corrected chi connectivity index (χ1v) is 7.97. The predicted octanol–water partition coefficient (Wildman–Crippen LogP) is 3.06. The number of anilines is 1.